The Morgan fingerprint density at radius 2 is 1.90 bits per heavy atom. The molecule has 2 aromatic rings. The zero-order valence-electron chi connectivity index (χ0n) is 15.8. The molecule has 0 radical (unpaired) electrons. The number of fused-ring (bicyclic) bond motifs is 1. The number of benzene rings is 1. The second kappa shape index (κ2) is 7.75. The molecule has 0 spiro atoms. The normalized spacial score (nSPS) is 19.0. The maximum absolute atomic E-state index is 14.2. The van der Waals surface area contributed by atoms with Gasteiger partial charge in [-0.25, -0.2) is 9.37 Å². The molecule has 4 rings (SSSR count). The average molecular weight is 423 g/mol. The van der Waals surface area contributed by atoms with Crippen LogP contribution in [0.4, 0.5) is 17.6 Å². The summed E-state index contributed by atoms with van der Waals surface area (Å²) in [6.45, 7) is 2.88. The first-order valence-corrected chi connectivity index (χ1v) is 9.46. The van der Waals surface area contributed by atoms with Gasteiger partial charge in [-0.3, -0.25) is 14.6 Å². The molecule has 1 aliphatic carbocycles. The van der Waals surface area contributed by atoms with E-state index < -0.39 is 52.0 Å². The zero-order valence-corrected chi connectivity index (χ0v) is 15.8. The van der Waals surface area contributed by atoms with Crippen molar-refractivity contribution in [3.63, 3.8) is 0 Å². The average Bonchev–Trinajstić information content (AvgIpc) is 3.35. The van der Waals surface area contributed by atoms with Gasteiger partial charge in [0.05, 0.1) is 29.8 Å². The third kappa shape index (κ3) is 3.79. The lowest BCUT2D eigenvalue weighted by Gasteiger charge is -2.13. The Labute approximate surface area is 168 Å². The molecule has 0 amide bonds. The van der Waals surface area contributed by atoms with Gasteiger partial charge in [-0.05, 0) is 38.1 Å². The Bertz CT molecular complexity index is 1040. The molecule has 0 saturated carbocycles. The largest absolute Gasteiger partial charge is 0.432 e. The van der Waals surface area contributed by atoms with Gasteiger partial charge in [0.15, 0.2) is 5.69 Å². The monoisotopic (exact) mass is 423 g/mol. The van der Waals surface area contributed by atoms with Gasteiger partial charge in [-0.2, -0.15) is 13.2 Å². The Morgan fingerprint density at radius 3 is 2.60 bits per heavy atom. The number of alkyl halides is 3. The van der Waals surface area contributed by atoms with E-state index in [0.717, 1.165) is 38.1 Å². The van der Waals surface area contributed by atoms with Crippen LogP contribution in [0.5, 0.6) is 0 Å². The van der Waals surface area contributed by atoms with E-state index in [1.165, 1.54) is 0 Å². The summed E-state index contributed by atoms with van der Waals surface area (Å²) in [5.74, 6) is -3.77. The molecular weight excluding hydrogens is 406 g/mol. The van der Waals surface area contributed by atoms with Crippen LogP contribution in [0.25, 0.3) is 11.5 Å². The van der Waals surface area contributed by atoms with Gasteiger partial charge in [-0.1, -0.05) is 6.07 Å². The van der Waals surface area contributed by atoms with Gasteiger partial charge in [0.2, 0.25) is 23.2 Å². The first-order chi connectivity index (χ1) is 14.3. The van der Waals surface area contributed by atoms with Gasteiger partial charge >= 0.3 is 6.18 Å². The summed E-state index contributed by atoms with van der Waals surface area (Å²) in [6.07, 6.45) is -2.99. The Kier molecular flexibility index (Phi) is 5.27. The molecule has 1 aromatic heterocycles. The molecule has 1 aromatic carbocycles. The lowest BCUT2D eigenvalue weighted by Crippen LogP contribution is -2.28. The maximum atomic E-state index is 14.2. The van der Waals surface area contributed by atoms with Crippen LogP contribution in [0.3, 0.4) is 0 Å². The highest BCUT2D eigenvalue weighted by molar-refractivity contribution is 6.52. The van der Waals surface area contributed by atoms with Crippen molar-refractivity contribution in [3.8, 4) is 11.5 Å². The van der Waals surface area contributed by atoms with Crippen molar-refractivity contribution < 1.29 is 31.6 Å². The first-order valence-electron chi connectivity index (χ1n) is 9.46. The highest BCUT2D eigenvalue weighted by atomic mass is 19.4. The van der Waals surface area contributed by atoms with Crippen molar-refractivity contribution in [1.29, 1.82) is 0 Å². The van der Waals surface area contributed by atoms with Crippen LogP contribution in [0.2, 0.25) is 0 Å². The summed E-state index contributed by atoms with van der Waals surface area (Å²) in [4.78, 5) is 35.2. The second-order valence-corrected chi connectivity index (χ2v) is 7.16. The van der Waals surface area contributed by atoms with Gasteiger partial charge in [0.1, 0.15) is 5.82 Å². The fraction of sp³-hybridized carbons (Fsp3) is 0.400. The number of oxazole rings is 1. The van der Waals surface area contributed by atoms with Crippen LogP contribution >= 0.6 is 0 Å². The first kappa shape index (κ1) is 20.4. The molecule has 2 heterocycles. The van der Waals surface area contributed by atoms with Crippen LogP contribution in [-0.4, -0.2) is 53.3 Å². The number of hydrogen-bond donors (Lipinski definition) is 0. The second-order valence-electron chi connectivity index (χ2n) is 7.16. The molecule has 158 valence electrons. The van der Waals surface area contributed by atoms with E-state index in [1.807, 2.05) is 0 Å². The van der Waals surface area contributed by atoms with Gasteiger partial charge in [0, 0.05) is 6.54 Å². The Balaban J connectivity index is 1.65. The van der Waals surface area contributed by atoms with Crippen LogP contribution in [0.1, 0.15) is 45.9 Å². The highest BCUT2D eigenvalue weighted by Crippen LogP contribution is 2.39. The minimum absolute atomic E-state index is 0.0175. The number of carbonyl (C=O) groups is 2. The Hall–Kier alpha value is -2.88. The molecule has 30 heavy (non-hydrogen) atoms. The van der Waals surface area contributed by atoms with Crippen LogP contribution < -0.4 is 0 Å². The van der Waals surface area contributed by atoms with Crippen LogP contribution in [0.15, 0.2) is 27.6 Å². The van der Waals surface area contributed by atoms with E-state index >= 15 is 0 Å². The topological polar surface area (TPSA) is 75.8 Å². The summed E-state index contributed by atoms with van der Waals surface area (Å²) in [5.41, 5.74) is -2.69. The minimum atomic E-state index is -4.87. The summed E-state index contributed by atoms with van der Waals surface area (Å²) >= 11 is 0. The molecule has 1 fully saturated rings. The molecule has 0 bridgehead atoms. The number of halogens is 4. The SMILES string of the molecule is O=C1C(=NCCN2CCCC2)CC(=O)c2oc(-c3c(F)cccc3C(F)(F)F)nc21. The summed E-state index contributed by atoms with van der Waals surface area (Å²) in [6, 6.07) is 2.41. The number of hydrogen-bond acceptors (Lipinski definition) is 6. The summed E-state index contributed by atoms with van der Waals surface area (Å²) < 4.78 is 59.2. The maximum Gasteiger partial charge on any atom is 0.417 e. The summed E-state index contributed by atoms with van der Waals surface area (Å²) in [5, 5.41) is 0. The molecule has 0 atom stereocenters. The van der Waals surface area contributed by atoms with E-state index in [4.69, 9.17) is 4.42 Å². The number of aliphatic imine (C=N–C) groups is 1. The van der Waals surface area contributed by atoms with Crippen molar-refractivity contribution in [3.05, 3.63) is 41.0 Å². The molecule has 0 N–H and O–H groups in total. The number of ketones is 2. The molecular formula is C20H17F4N3O3. The number of aromatic nitrogens is 1. The molecule has 10 heteroatoms. The van der Waals surface area contributed by atoms with Crippen molar-refractivity contribution in [2.75, 3.05) is 26.2 Å². The lowest BCUT2D eigenvalue weighted by atomic mass is 9.97. The molecule has 1 saturated heterocycles. The smallest absolute Gasteiger partial charge is 0.417 e. The van der Waals surface area contributed by atoms with Gasteiger partial charge in [-0.15, -0.1) is 0 Å². The van der Waals surface area contributed by atoms with E-state index in [9.17, 15) is 27.2 Å². The van der Waals surface area contributed by atoms with E-state index in [1.54, 1.807) is 0 Å². The van der Waals surface area contributed by atoms with E-state index in [0.29, 0.717) is 19.2 Å². The van der Waals surface area contributed by atoms with Crippen LogP contribution in [-0.2, 0) is 6.18 Å². The number of likely N-dealkylation sites (tertiary alicyclic amines) is 1. The number of nitrogens with zero attached hydrogens (tertiary/aromatic N) is 3. The van der Waals surface area contributed by atoms with Crippen molar-refractivity contribution >= 4 is 17.3 Å². The quantitative estimate of drug-likeness (QED) is 0.700. The number of carbonyl (C=O) groups excluding carboxylic acids is 2. The van der Waals surface area contributed by atoms with Crippen molar-refractivity contribution in [1.82, 2.24) is 9.88 Å². The van der Waals surface area contributed by atoms with Crippen molar-refractivity contribution in [2.45, 2.75) is 25.4 Å². The fourth-order valence-corrected chi connectivity index (χ4v) is 3.66. The van der Waals surface area contributed by atoms with Gasteiger partial charge < -0.3 is 9.32 Å². The molecule has 6 nitrogen and oxygen atoms in total. The molecule has 0 unspecified atom stereocenters. The standard InChI is InChI=1S/C20H17F4N3O3/c21-12-5-3-4-11(20(22,23)24)15(12)19-26-16-17(29)13(10-14(28)18(16)30-19)25-6-9-27-7-1-2-8-27/h3-5H,1-2,6-10H2. The van der Waals surface area contributed by atoms with E-state index in [-0.39, 0.29) is 12.1 Å². The van der Waals surface area contributed by atoms with Gasteiger partial charge in [0.25, 0.3) is 0 Å². The Morgan fingerprint density at radius 1 is 1.17 bits per heavy atom. The lowest BCUT2D eigenvalue weighted by molar-refractivity contribution is -0.137. The summed E-state index contributed by atoms with van der Waals surface area (Å²) in [7, 11) is 0. The van der Waals surface area contributed by atoms with Crippen molar-refractivity contribution in [2.24, 2.45) is 4.99 Å². The molecule has 1 aliphatic heterocycles. The third-order valence-corrected chi connectivity index (χ3v) is 5.14. The minimum Gasteiger partial charge on any atom is -0.432 e. The molecule has 2 aliphatic rings. The predicted octanol–water partition coefficient (Wildman–Crippen LogP) is 3.81. The van der Waals surface area contributed by atoms with Crippen LogP contribution in [0, 0.1) is 5.82 Å². The fourth-order valence-electron chi connectivity index (χ4n) is 3.66. The predicted molar refractivity (Wildman–Crippen MR) is 98.2 cm³/mol. The zero-order chi connectivity index (χ0) is 21.5. The van der Waals surface area contributed by atoms with E-state index in [2.05, 4.69) is 14.9 Å². The highest BCUT2D eigenvalue weighted by Gasteiger charge is 2.39. The third-order valence-electron chi connectivity index (χ3n) is 5.14. The number of Topliss-reactive ketones (excluding diaryl/α,β-unsaturated/α-hetero) is 2. The number of rotatable bonds is 4.